The summed E-state index contributed by atoms with van der Waals surface area (Å²) in [4.78, 5) is 10.2. The number of allylic oxidation sites excluding steroid dienone is 3. The van der Waals surface area contributed by atoms with Crippen molar-refractivity contribution in [3.05, 3.63) is 107 Å². The summed E-state index contributed by atoms with van der Waals surface area (Å²) in [6.07, 6.45) is 4.55. The number of nitrogens with zero attached hydrogens (tertiary/aromatic N) is 3. The first-order valence-electron chi connectivity index (χ1n) is 18.1. The number of aliphatic imine (C=N–C) groups is 1. The van der Waals surface area contributed by atoms with Gasteiger partial charge in [0.05, 0.1) is 5.71 Å². The van der Waals surface area contributed by atoms with E-state index in [4.69, 9.17) is 4.99 Å². The van der Waals surface area contributed by atoms with Crippen molar-refractivity contribution in [1.82, 2.24) is 0 Å². The Labute approximate surface area is 287 Å². The van der Waals surface area contributed by atoms with Gasteiger partial charge in [-0.15, -0.1) is 0 Å². The highest BCUT2D eigenvalue weighted by Gasteiger charge is 2.22. The molecule has 3 aromatic rings. The van der Waals surface area contributed by atoms with Crippen LogP contribution in [-0.4, -0.2) is 38.4 Å². The van der Waals surface area contributed by atoms with Crippen LogP contribution in [0.25, 0.3) is 11.1 Å². The van der Waals surface area contributed by atoms with Crippen LogP contribution in [0.15, 0.2) is 83.9 Å². The van der Waals surface area contributed by atoms with Crippen molar-refractivity contribution in [2.75, 3.05) is 42.5 Å². The zero-order valence-electron chi connectivity index (χ0n) is 31.3. The average molecular weight is 632 g/mol. The molecule has 0 aromatic heterocycles. The number of hydrogen-bond acceptors (Lipinski definition) is 3. The van der Waals surface area contributed by atoms with Gasteiger partial charge in [-0.3, -0.25) is 4.99 Å². The summed E-state index contributed by atoms with van der Waals surface area (Å²) in [6, 6.07) is 25.3. The maximum absolute atomic E-state index is 5.03. The molecular weight excluding hydrogens is 571 g/mol. The Bertz CT molecular complexity index is 1530. The van der Waals surface area contributed by atoms with Crippen LogP contribution in [0.4, 0.5) is 11.4 Å². The van der Waals surface area contributed by atoms with E-state index in [1.165, 1.54) is 50.3 Å². The van der Waals surface area contributed by atoms with E-state index in [9.17, 15) is 0 Å². The molecule has 1 aliphatic rings. The van der Waals surface area contributed by atoms with Gasteiger partial charge >= 0.3 is 0 Å². The van der Waals surface area contributed by atoms with Crippen LogP contribution in [0.3, 0.4) is 0 Å². The minimum atomic E-state index is 0.521. The first-order chi connectivity index (χ1) is 22.3. The van der Waals surface area contributed by atoms with Gasteiger partial charge in [-0.1, -0.05) is 118 Å². The van der Waals surface area contributed by atoms with Crippen LogP contribution < -0.4 is 9.80 Å². The lowest BCUT2D eigenvalue weighted by atomic mass is 9.82. The van der Waals surface area contributed by atoms with E-state index in [0.29, 0.717) is 29.6 Å². The molecule has 4 rings (SSSR count). The predicted octanol–water partition coefficient (Wildman–Crippen LogP) is 11.2. The second-order valence-electron chi connectivity index (χ2n) is 15.7. The first-order valence-corrected chi connectivity index (χ1v) is 18.1. The van der Waals surface area contributed by atoms with Gasteiger partial charge in [-0.05, 0) is 100 Å². The van der Waals surface area contributed by atoms with E-state index < -0.39 is 0 Å². The van der Waals surface area contributed by atoms with Gasteiger partial charge in [0, 0.05) is 49.7 Å². The number of rotatable bonds is 14. The minimum absolute atomic E-state index is 0.521. The van der Waals surface area contributed by atoms with Gasteiger partial charge in [-0.2, -0.15) is 0 Å². The summed E-state index contributed by atoms with van der Waals surface area (Å²) < 4.78 is 0. The van der Waals surface area contributed by atoms with Crippen LogP contribution in [0, 0.1) is 36.5 Å². The van der Waals surface area contributed by atoms with Gasteiger partial charge in [0.25, 0.3) is 0 Å². The van der Waals surface area contributed by atoms with Crippen molar-refractivity contribution in [3.8, 4) is 0 Å². The van der Waals surface area contributed by atoms with Crippen LogP contribution >= 0.6 is 0 Å². The largest absolute Gasteiger partial charge is 0.371 e. The molecule has 0 N–H and O–H groups in total. The Kier molecular flexibility index (Phi) is 12.7. The molecule has 0 fully saturated rings. The van der Waals surface area contributed by atoms with Crippen LogP contribution in [0.2, 0.25) is 0 Å². The zero-order chi connectivity index (χ0) is 34.2. The first kappa shape index (κ1) is 36.2. The highest BCUT2D eigenvalue weighted by atomic mass is 15.1. The minimum Gasteiger partial charge on any atom is -0.371 e. The van der Waals surface area contributed by atoms with Gasteiger partial charge in [0.15, 0.2) is 0 Å². The van der Waals surface area contributed by atoms with Gasteiger partial charge in [0.1, 0.15) is 0 Å². The average Bonchev–Trinajstić information content (AvgIpc) is 3.00. The molecule has 0 atom stereocenters. The molecule has 0 radical (unpaired) electrons. The second kappa shape index (κ2) is 16.5. The van der Waals surface area contributed by atoms with Gasteiger partial charge < -0.3 is 9.80 Å². The van der Waals surface area contributed by atoms with E-state index in [2.05, 4.69) is 165 Å². The fourth-order valence-corrected chi connectivity index (χ4v) is 6.67. The number of fused-ring (bicyclic) bond motifs is 1. The monoisotopic (exact) mass is 631 g/mol. The molecule has 3 nitrogen and oxygen atoms in total. The molecule has 0 spiro atoms. The van der Waals surface area contributed by atoms with Crippen molar-refractivity contribution in [2.45, 2.75) is 76.2 Å². The summed E-state index contributed by atoms with van der Waals surface area (Å²) >= 11 is 0. The van der Waals surface area contributed by atoms with Crippen molar-refractivity contribution in [3.63, 3.8) is 0 Å². The molecule has 1 aliphatic carbocycles. The maximum Gasteiger partial charge on any atom is 0.0653 e. The van der Waals surface area contributed by atoms with Crippen molar-refractivity contribution in [1.29, 1.82) is 0 Å². The fraction of sp³-hybridized carbons (Fsp3) is 0.477. The van der Waals surface area contributed by atoms with E-state index in [1.54, 1.807) is 0 Å². The van der Waals surface area contributed by atoms with E-state index >= 15 is 0 Å². The number of anilines is 2. The third-order valence-corrected chi connectivity index (χ3v) is 8.50. The molecule has 0 amide bonds. The molecule has 0 saturated heterocycles. The fourth-order valence-electron chi connectivity index (χ4n) is 6.67. The standard InChI is InChI=1S/C44H61N3/c1-30(2)25-45-43-23-22-42(40-14-12-13-15-41(40)43)44(36-16-18-37(19-17-36)46(26-31(3)4)27-32(5)6)39-21-20-38(24-35(39)11)47(28-33(7)8)29-34(9)10/h12-24,30-34H,25-29H2,1-11H3. The summed E-state index contributed by atoms with van der Waals surface area (Å²) in [7, 11) is 0. The highest BCUT2D eigenvalue weighted by Crippen LogP contribution is 2.40. The Morgan fingerprint density at radius 3 is 1.60 bits per heavy atom. The molecule has 0 unspecified atom stereocenters. The number of hydrogen-bond donors (Lipinski definition) is 0. The van der Waals surface area contributed by atoms with Crippen molar-refractivity contribution in [2.24, 2.45) is 34.6 Å². The molecule has 252 valence electrons. The van der Waals surface area contributed by atoms with E-state index in [0.717, 1.165) is 38.4 Å². The quantitative estimate of drug-likeness (QED) is 0.176. The third-order valence-electron chi connectivity index (χ3n) is 8.50. The molecule has 3 aromatic carbocycles. The molecule has 47 heavy (non-hydrogen) atoms. The SMILES string of the molecule is Cc1cc(N(CC(C)C)CC(C)C)ccc1C(=C1C=CC(=NCC(C)C)c2ccccc21)c1ccc(N(CC(C)C)CC(C)C)cc1. The van der Waals surface area contributed by atoms with Gasteiger partial charge in [-0.25, -0.2) is 0 Å². The van der Waals surface area contributed by atoms with E-state index in [1.807, 2.05) is 0 Å². The summed E-state index contributed by atoms with van der Waals surface area (Å²) in [6.45, 7) is 30.3. The highest BCUT2D eigenvalue weighted by molar-refractivity contribution is 6.19. The van der Waals surface area contributed by atoms with Crippen LogP contribution in [-0.2, 0) is 0 Å². The lowest BCUT2D eigenvalue weighted by molar-refractivity contribution is 0.552. The third kappa shape index (κ3) is 9.72. The molecular formula is C44H61N3. The molecule has 0 heterocycles. The van der Waals surface area contributed by atoms with Gasteiger partial charge in [0.2, 0.25) is 0 Å². The Morgan fingerprint density at radius 1 is 0.574 bits per heavy atom. The molecule has 0 aliphatic heterocycles. The predicted molar refractivity (Wildman–Crippen MR) is 209 cm³/mol. The van der Waals surface area contributed by atoms with E-state index in [-0.39, 0.29) is 0 Å². The van der Waals surface area contributed by atoms with Crippen molar-refractivity contribution < 1.29 is 0 Å². The summed E-state index contributed by atoms with van der Waals surface area (Å²) in [5.74, 6) is 2.94. The molecule has 0 saturated carbocycles. The number of aryl methyl sites for hydroxylation is 1. The topological polar surface area (TPSA) is 18.8 Å². The lowest BCUT2D eigenvalue weighted by Gasteiger charge is -2.30. The lowest BCUT2D eigenvalue weighted by Crippen LogP contribution is -2.31. The second-order valence-corrected chi connectivity index (χ2v) is 15.7. The Balaban J connectivity index is 1.91. The molecule has 0 bridgehead atoms. The van der Waals surface area contributed by atoms with Crippen molar-refractivity contribution >= 4 is 28.2 Å². The smallest absolute Gasteiger partial charge is 0.0653 e. The maximum atomic E-state index is 5.03. The molecule has 3 heteroatoms. The summed E-state index contributed by atoms with van der Waals surface area (Å²) in [5.41, 5.74) is 12.5. The zero-order valence-corrected chi connectivity index (χ0v) is 31.3. The Hall–Kier alpha value is -3.59. The Morgan fingerprint density at radius 2 is 1.09 bits per heavy atom. The summed E-state index contributed by atoms with van der Waals surface area (Å²) in [5, 5.41) is 0. The normalized spacial score (nSPS) is 15.0. The van der Waals surface area contributed by atoms with Crippen LogP contribution in [0.1, 0.15) is 97.1 Å². The number of benzene rings is 3. The van der Waals surface area contributed by atoms with Crippen LogP contribution in [0.5, 0.6) is 0 Å².